The smallest absolute Gasteiger partial charge is 0.257 e. The van der Waals surface area contributed by atoms with Crippen molar-refractivity contribution in [2.45, 2.75) is 19.4 Å². The third-order valence-corrected chi connectivity index (χ3v) is 5.34. The van der Waals surface area contributed by atoms with Gasteiger partial charge in [0.2, 0.25) is 0 Å². The van der Waals surface area contributed by atoms with Gasteiger partial charge < -0.3 is 15.0 Å². The van der Waals surface area contributed by atoms with Crippen LogP contribution in [0, 0.1) is 0 Å². The van der Waals surface area contributed by atoms with Gasteiger partial charge in [0.25, 0.3) is 5.91 Å². The largest absolute Gasteiger partial charge is 0.484 e. The minimum Gasteiger partial charge on any atom is -0.484 e. The first-order chi connectivity index (χ1) is 14.2. The Balaban J connectivity index is 1.27. The van der Waals surface area contributed by atoms with Crippen LogP contribution in [0.1, 0.15) is 18.4 Å². The Labute approximate surface area is 178 Å². The van der Waals surface area contributed by atoms with Gasteiger partial charge in [-0.25, -0.2) is 0 Å². The van der Waals surface area contributed by atoms with Crippen molar-refractivity contribution in [2.24, 2.45) is 0 Å². The first kappa shape index (κ1) is 21.6. The van der Waals surface area contributed by atoms with Gasteiger partial charge in [0.15, 0.2) is 6.61 Å². The predicted molar refractivity (Wildman–Crippen MR) is 117 cm³/mol. The first-order valence-corrected chi connectivity index (χ1v) is 10.7. The second-order valence-corrected chi connectivity index (χ2v) is 7.84. The molecule has 0 saturated carbocycles. The summed E-state index contributed by atoms with van der Waals surface area (Å²) < 4.78 is 5.46. The maximum atomic E-state index is 11.9. The van der Waals surface area contributed by atoms with Crippen molar-refractivity contribution < 1.29 is 9.53 Å². The molecule has 0 atom stereocenters. The Morgan fingerprint density at radius 3 is 2.48 bits per heavy atom. The number of hydrogen-bond acceptors (Lipinski definition) is 4. The van der Waals surface area contributed by atoms with E-state index in [1.807, 2.05) is 0 Å². The van der Waals surface area contributed by atoms with E-state index >= 15 is 0 Å². The first-order valence-electron chi connectivity index (χ1n) is 10.3. The molecule has 29 heavy (non-hydrogen) atoms. The topological polar surface area (TPSA) is 44.8 Å². The van der Waals surface area contributed by atoms with Crippen molar-refractivity contribution in [3.8, 4) is 5.75 Å². The van der Waals surface area contributed by atoms with Crippen LogP contribution in [0.15, 0.2) is 54.6 Å². The molecule has 6 heteroatoms. The molecule has 0 aliphatic carbocycles. The zero-order valence-corrected chi connectivity index (χ0v) is 17.6. The number of amides is 1. The highest BCUT2D eigenvalue weighted by atomic mass is 35.5. The molecular formula is C23H30ClN3O2. The molecule has 1 amide bonds. The Morgan fingerprint density at radius 1 is 0.966 bits per heavy atom. The summed E-state index contributed by atoms with van der Waals surface area (Å²) >= 11 is 5.84. The van der Waals surface area contributed by atoms with Gasteiger partial charge in [-0.15, -0.1) is 0 Å². The van der Waals surface area contributed by atoms with Crippen LogP contribution in [0.3, 0.4) is 0 Å². The Hall–Kier alpha value is -2.08. The van der Waals surface area contributed by atoms with Crippen molar-refractivity contribution in [2.75, 3.05) is 45.9 Å². The molecular weight excluding hydrogens is 386 g/mol. The summed E-state index contributed by atoms with van der Waals surface area (Å²) in [5.74, 6) is 0.555. The van der Waals surface area contributed by atoms with E-state index in [2.05, 4.69) is 45.4 Å². The fourth-order valence-corrected chi connectivity index (χ4v) is 3.63. The lowest BCUT2D eigenvalue weighted by atomic mass is 10.2. The van der Waals surface area contributed by atoms with Crippen LogP contribution in [-0.2, 0) is 11.3 Å². The summed E-state index contributed by atoms with van der Waals surface area (Å²) in [6.45, 7) is 7.18. The van der Waals surface area contributed by atoms with Crippen LogP contribution in [0.4, 0.5) is 0 Å². The van der Waals surface area contributed by atoms with Crippen molar-refractivity contribution in [3.63, 3.8) is 0 Å². The van der Waals surface area contributed by atoms with Gasteiger partial charge in [0.1, 0.15) is 5.75 Å². The molecule has 2 aromatic carbocycles. The van der Waals surface area contributed by atoms with Crippen LogP contribution >= 0.6 is 11.6 Å². The molecule has 0 unspecified atom stereocenters. The summed E-state index contributed by atoms with van der Waals surface area (Å²) in [6, 6.07) is 17.7. The summed E-state index contributed by atoms with van der Waals surface area (Å²) in [6.07, 6.45) is 2.14. The SMILES string of the molecule is O=C(COc1ccc(Cl)cc1)NCCCN1CCCN(Cc2ccccc2)CC1. The zero-order valence-electron chi connectivity index (χ0n) is 16.9. The highest BCUT2D eigenvalue weighted by Gasteiger charge is 2.14. The minimum atomic E-state index is -0.0927. The summed E-state index contributed by atoms with van der Waals surface area (Å²) in [5.41, 5.74) is 1.38. The Morgan fingerprint density at radius 2 is 1.69 bits per heavy atom. The normalized spacial score (nSPS) is 15.6. The van der Waals surface area contributed by atoms with Gasteiger partial charge in [-0.3, -0.25) is 9.69 Å². The van der Waals surface area contributed by atoms with E-state index in [0.717, 1.165) is 45.7 Å². The molecule has 1 N–H and O–H groups in total. The van der Waals surface area contributed by atoms with Gasteiger partial charge in [-0.2, -0.15) is 0 Å². The standard InChI is InChI=1S/C23H30ClN3O2/c24-21-8-10-22(11-9-21)29-19-23(28)25-12-4-13-26-14-5-15-27(17-16-26)18-20-6-2-1-3-7-20/h1-3,6-11H,4-5,12-19H2,(H,25,28). The number of ether oxygens (including phenoxy) is 1. The maximum absolute atomic E-state index is 11.9. The molecule has 1 fully saturated rings. The summed E-state index contributed by atoms with van der Waals surface area (Å²) in [7, 11) is 0. The molecule has 3 rings (SSSR count). The molecule has 0 aromatic heterocycles. The van der Waals surface area contributed by atoms with E-state index in [1.165, 1.54) is 12.0 Å². The Kier molecular flexibility index (Phi) is 8.81. The molecule has 156 valence electrons. The average molecular weight is 416 g/mol. The number of nitrogens with zero attached hydrogens (tertiary/aromatic N) is 2. The molecule has 5 nitrogen and oxygen atoms in total. The van der Waals surface area contributed by atoms with Crippen molar-refractivity contribution >= 4 is 17.5 Å². The van der Waals surface area contributed by atoms with Gasteiger partial charge >= 0.3 is 0 Å². The fourth-order valence-electron chi connectivity index (χ4n) is 3.51. The summed E-state index contributed by atoms with van der Waals surface area (Å²) in [5, 5.41) is 3.59. The van der Waals surface area contributed by atoms with Gasteiger partial charge in [0, 0.05) is 31.2 Å². The fraction of sp³-hybridized carbons (Fsp3) is 0.435. The van der Waals surface area contributed by atoms with Crippen LogP contribution in [-0.4, -0.2) is 61.6 Å². The molecule has 1 saturated heterocycles. The van der Waals surface area contributed by atoms with E-state index in [1.54, 1.807) is 24.3 Å². The van der Waals surface area contributed by atoms with E-state index in [9.17, 15) is 4.79 Å². The molecule has 0 bridgehead atoms. The number of nitrogens with one attached hydrogen (secondary N) is 1. The highest BCUT2D eigenvalue weighted by Crippen LogP contribution is 2.15. The molecule has 1 aliphatic rings. The van der Waals surface area contributed by atoms with Crippen LogP contribution in [0.25, 0.3) is 0 Å². The monoisotopic (exact) mass is 415 g/mol. The average Bonchev–Trinajstić information content (AvgIpc) is 2.97. The van der Waals surface area contributed by atoms with E-state index in [0.29, 0.717) is 17.3 Å². The number of carbonyl (C=O) groups excluding carboxylic acids is 1. The van der Waals surface area contributed by atoms with Crippen molar-refractivity contribution in [1.82, 2.24) is 15.1 Å². The third kappa shape index (κ3) is 8.05. The Bertz CT molecular complexity index is 740. The highest BCUT2D eigenvalue weighted by molar-refractivity contribution is 6.30. The molecule has 0 radical (unpaired) electrons. The lowest BCUT2D eigenvalue weighted by Gasteiger charge is -2.22. The van der Waals surface area contributed by atoms with Crippen LogP contribution in [0.2, 0.25) is 5.02 Å². The number of benzene rings is 2. The minimum absolute atomic E-state index is 0.0276. The van der Waals surface area contributed by atoms with Crippen molar-refractivity contribution in [3.05, 3.63) is 65.2 Å². The lowest BCUT2D eigenvalue weighted by Crippen LogP contribution is -2.34. The number of halogens is 1. The van der Waals surface area contributed by atoms with Gasteiger partial charge in [-0.1, -0.05) is 41.9 Å². The van der Waals surface area contributed by atoms with Gasteiger partial charge in [0.05, 0.1) is 0 Å². The number of carbonyl (C=O) groups is 1. The second kappa shape index (κ2) is 11.8. The maximum Gasteiger partial charge on any atom is 0.257 e. The second-order valence-electron chi connectivity index (χ2n) is 7.40. The third-order valence-electron chi connectivity index (χ3n) is 5.09. The lowest BCUT2D eigenvalue weighted by molar-refractivity contribution is -0.123. The predicted octanol–water partition coefficient (Wildman–Crippen LogP) is 3.43. The van der Waals surface area contributed by atoms with E-state index < -0.39 is 0 Å². The van der Waals surface area contributed by atoms with Crippen molar-refractivity contribution in [1.29, 1.82) is 0 Å². The number of hydrogen-bond donors (Lipinski definition) is 1. The van der Waals surface area contributed by atoms with E-state index in [4.69, 9.17) is 16.3 Å². The van der Waals surface area contributed by atoms with E-state index in [-0.39, 0.29) is 12.5 Å². The molecule has 0 spiro atoms. The molecule has 1 heterocycles. The molecule has 1 aliphatic heterocycles. The molecule has 2 aromatic rings. The van der Waals surface area contributed by atoms with Crippen LogP contribution < -0.4 is 10.1 Å². The summed E-state index contributed by atoms with van der Waals surface area (Å²) in [4.78, 5) is 17.0. The quantitative estimate of drug-likeness (QED) is 0.637. The van der Waals surface area contributed by atoms with Gasteiger partial charge in [-0.05, 0) is 62.3 Å². The van der Waals surface area contributed by atoms with Crippen LogP contribution in [0.5, 0.6) is 5.75 Å². The zero-order chi connectivity index (χ0) is 20.3. The number of rotatable bonds is 9.